The first-order chi connectivity index (χ1) is 10.8. The average molecular weight is 302 g/mol. The van der Waals surface area contributed by atoms with Crippen LogP contribution in [0, 0.1) is 0 Å². The van der Waals surface area contributed by atoms with Crippen LogP contribution in [-0.2, 0) is 11.3 Å². The monoisotopic (exact) mass is 302 g/mol. The Balaban J connectivity index is 1.48. The van der Waals surface area contributed by atoms with Gasteiger partial charge in [0, 0.05) is 31.2 Å². The molecule has 0 radical (unpaired) electrons. The number of rotatable bonds is 6. The van der Waals surface area contributed by atoms with E-state index in [4.69, 9.17) is 9.15 Å². The van der Waals surface area contributed by atoms with Crippen molar-refractivity contribution < 1.29 is 9.15 Å². The molecule has 6 nitrogen and oxygen atoms in total. The molecule has 2 aromatic rings. The minimum absolute atomic E-state index is 0.366. The SMILES string of the molecule is C[C@@H](CN1CCOCC1)NCc1nnc(-c2ccccc2)o1. The van der Waals surface area contributed by atoms with Crippen molar-refractivity contribution >= 4 is 0 Å². The Hall–Kier alpha value is -1.76. The summed E-state index contributed by atoms with van der Waals surface area (Å²) < 4.78 is 11.1. The van der Waals surface area contributed by atoms with Crippen molar-refractivity contribution in [3.8, 4) is 11.5 Å². The van der Waals surface area contributed by atoms with Gasteiger partial charge in [0.15, 0.2) is 0 Å². The summed E-state index contributed by atoms with van der Waals surface area (Å²) in [6, 6.07) is 10.2. The zero-order valence-corrected chi connectivity index (χ0v) is 12.9. The zero-order chi connectivity index (χ0) is 15.2. The topological polar surface area (TPSA) is 63.4 Å². The lowest BCUT2D eigenvalue weighted by Crippen LogP contribution is -2.44. The lowest BCUT2D eigenvalue weighted by Gasteiger charge is -2.29. The smallest absolute Gasteiger partial charge is 0.247 e. The molecule has 1 atom stereocenters. The summed E-state index contributed by atoms with van der Waals surface area (Å²) in [4.78, 5) is 2.41. The third kappa shape index (κ3) is 4.13. The van der Waals surface area contributed by atoms with Gasteiger partial charge in [-0.25, -0.2) is 0 Å². The van der Waals surface area contributed by atoms with Gasteiger partial charge in [-0.1, -0.05) is 18.2 Å². The summed E-state index contributed by atoms with van der Waals surface area (Å²) in [5.74, 6) is 1.19. The maximum atomic E-state index is 5.69. The standard InChI is InChI=1S/C16H22N4O2/c1-13(12-20-7-9-21-10-8-20)17-11-15-18-19-16(22-15)14-5-3-2-4-6-14/h2-6,13,17H,7-12H2,1H3/t13-/m0/s1. The molecule has 6 heteroatoms. The van der Waals surface area contributed by atoms with Crippen LogP contribution in [0.2, 0.25) is 0 Å². The lowest BCUT2D eigenvalue weighted by molar-refractivity contribution is 0.0342. The number of ether oxygens (including phenoxy) is 1. The minimum atomic E-state index is 0.366. The molecule has 3 rings (SSSR count). The summed E-state index contributed by atoms with van der Waals surface area (Å²) in [5.41, 5.74) is 0.947. The molecule has 1 saturated heterocycles. The predicted molar refractivity (Wildman–Crippen MR) is 83.3 cm³/mol. The molecule has 0 spiro atoms. The normalized spacial score (nSPS) is 17.5. The fourth-order valence-corrected chi connectivity index (χ4v) is 2.52. The van der Waals surface area contributed by atoms with Crippen LogP contribution in [0.25, 0.3) is 11.5 Å². The van der Waals surface area contributed by atoms with Crippen LogP contribution in [0.3, 0.4) is 0 Å². The lowest BCUT2D eigenvalue weighted by atomic mass is 10.2. The summed E-state index contributed by atoms with van der Waals surface area (Å²) in [7, 11) is 0. The highest BCUT2D eigenvalue weighted by Crippen LogP contribution is 2.16. The maximum absolute atomic E-state index is 5.69. The van der Waals surface area contributed by atoms with Crippen molar-refractivity contribution in [3.63, 3.8) is 0 Å². The Labute approximate surface area is 130 Å². The van der Waals surface area contributed by atoms with Gasteiger partial charge in [0.05, 0.1) is 19.8 Å². The number of hydrogen-bond donors (Lipinski definition) is 1. The Morgan fingerprint density at radius 1 is 1.18 bits per heavy atom. The number of benzene rings is 1. The quantitative estimate of drug-likeness (QED) is 0.873. The Bertz CT molecular complexity index is 567. The van der Waals surface area contributed by atoms with Gasteiger partial charge in [0.25, 0.3) is 0 Å². The Morgan fingerprint density at radius 2 is 1.95 bits per heavy atom. The van der Waals surface area contributed by atoms with Crippen molar-refractivity contribution in [1.82, 2.24) is 20.4 Å². The van der Waals surface area contributed by atoms with Crippen LogP contribution in [0.15, 0.2) is 34.7 Å². The summed E-state index contributed by atoms with van der Waals surface area (Å²) in [6.45, 7) is 7.43. The fourth-order valence-electron chi connectivity index (χ4n) is 2.52. The van der Waals surface area contributed by atoms with Gasteiger partial charge in [-0.05, 0) is 19.1 Å². The van der Waals surface area contributed by atoms with Gasteiger partial charge in [0.1, 0.15) is 0 Å². The number of nitrogens with one attached hydrogen (secondary N) is 1. The molecular weight excluding hydrogens is 280 g/mol. The van der Waals surface area contributed by atoms with Crippen molar-refractivity contribution in [2.45, 2.75) is 19.5 Å². The third-order valence-corrected chi connectivity index (χ3v) is 3.73. The van der Waals surface area contributed by atoms with Crippen molar-refractivity contribution in [3.05, 3.63) is 36.2 Å². The molecule has 1 fully saturated rings. The predicted octanol–water partition coefficient (Wildman–Crippen LogP) is 1.55. The molecule has 22 heavy (non-hydrogen) atoms. The summed E-state index contributed by atoms with van der Waals surface area (Å²) in [5, 5.41) is 11.6. The molecule has 0 unspecified atom stereocenters. The molecule has 2 heterocycles. The number of nitrogens with zero attached hydrogens (tertiary/aromatic N) is 3. The molecule has 1 aromatic carbocycles. The van der Waals surface area contributed by atoms with Crippen molar-refractivity contribution in [1.29, 1.82) is 0 Å². The van der Waals surface area contributed by atoms with E-state index in [-0.39, 0.29) is 0 Å². The second-order valence-electron chi connectivity index (χ2n) is 5.56. The first-order valence-corrected chi connectivity index (χ1v) is 7.72. The average Bonchev–Trinajstić information content (AvgIpc) is 3.04. The van der Waals surface area contributed by atoms with E-state index in [0.717, 1.165) is 38.4 Å². The first kappa shape index (κ1) is 15.1. The van der Waals surface area contributed by atoms with Crippen molar-refractivity contribution in [2.24, 2.45) is 0 Å². The van der Waals surface area contributed by atoms with E-state index in [1.165, 1.54) is 0 Å². The molecule has 0 amide bonds. The van der Waals surface area contributed by atoms with E-state index in [9.17, 15) is 0 Å². The molecule has 0 saturated carbocycles. The summed E-state index contributed by atoms with van der Waals surface area (Å²) >= 11 is 0. The fraction of sp³-hybridized carbons (Fsp3) is 0.500. The van der Waals surface area contributed by atoms with Crippen molar-refractivity contribution in [2.75, 3.05) is 32.8 Å². The molecule has 1 N–H and O–H groups in total. The molecule has 118 valence electrons. The molecule has 1 aliphatic heterocycles. The van der Waals surface area contributed by atoms with Gasteiger partial charge in [0.2, 0.25) is 11.8 Å². The molecule has 0 aliphatic carbocycles. The van der Waals surface area contributed by atoms with E-state index < -0.39 is 0 Å². The van der Waals surface area contributed by atoms with Gasteiger partial charge < -0.3 is 14.5 Å². The molecule has 0 bridgehead atoms. The van der Waals surface area contributed by atoms with E-state index >= 15 is 0 Å². The second kappa shape index (κ2) is 7.49. The summed E-state index contributed by atoms with van der Waals surface area (Å²) in [6.07, 6.45) is 0. The van der Waals surface area contributed by atoms with Gasteiger partial charge in [-0.2, -0.15) is 0 Å². The number of morpholine rings is 1. The highest BCUT2D eigenvalue weighted by molar-refractivity contribution is 5.51. The molecular formula is C16H22N4O2. The van der Waals surface area contributed by atoms with Gasteiger partial charge in [-0.15, -0.1) is 10.2 Å². The van der Waals surface area contributed by atoms with Crippen LogP contribution in [0.5, 0.6) is 0 Å². The Morgan fingerprint density at radius 3 is 2.73 bits per heavy atom. The number of aromatic nitrogens is 2. The first-order valence-electron chi connectivity index (χ1n) is 7.72. The van der Waals surface area contributed by atoms with Gasteiger partial charge >= 0.3 is 0 Å². The van der Waals surface area contributed by atoms with E-state index in [0.29, 0.717) is 24.4 Å². The largest absolute Gasteiger partial charge is 0.419 e. The number of hydrogen-bond acceptors (Lipinski definition) is 6. The van der Waals surface area contributed by atoms with Gasteiger partial charge in [-0.3, -0.25) is 4.90 Å². The van der Waals surface area contributed by atoms with Crippen LogP contribution in [0.4, 0.5) is 0 Å². The Kier molecular flexibility index (Phi) is 5.15. The van der Waals surface area contributed by atoms with Crippen LogP contribution >= 0.6 is 0 Å². The van der Waals surface area contributed by atoms with Crippen LogP contribution in [0.1, 0.15) is 12.8 Å². The second-order valence-corrected chi connectivity index (χ2v) is 5.56. The van der Waals surface area contributed by atoms with E-state index in [1.54, 1.807) is 0 Å². The third-order valence-electron chi connectivity index (χ3n) is 3.73. The van der Waals surface area contributed by atoms with Crippen LogP contribution in [-0.4, -0.2) is 54.0 Å². The maximum Gasteiger partial charge on any atom is 0.247 e. The van der Waals surface area contributed by atoms with E-state index in [1.807, 2.05) is 30.3 Å². The highest BCUT2D eigenvalue weighted by atomic mass is 16.5. The zero-order valence-electron chi connectivity index (χ0n) is 12.9. The van der Waals surface area contributed by atoms with Crippen LogP contribution < -0.4 is 5.32 Å². The molecule has 1 aliphatic rings. The highest BCUT2D eigenvalue weighted by Gasteiger charge is 2.14. The molecule has 1 aromatic heterocycles. The minimum Gasteiger partial charge on any atom is -0.419 e. The van der Waals surface area contributed by atoms with E-state index in [2.05, 4.69) is 27.3 Å².